The van der Waals surface area contributed by atoms with Gasteiger partial charge in [0.1, 0.15) is 11.4 Å². The second-order valence-electron chi connectivity index (χ2n) is 4.55. The van der Waals surface area contributed by atoms with Crippen LogP contribution in [0.1, 0.15) is 26.3 Å². The lowest BCUT2D eigenvalue weighted by molar-refractivity contribution is -0.153. The molecule has 0 amide bonds. The molecule has 0 fully saturated rings. The van der Waals surface area contributed by atoms with E-state index in [0.717, 1.165) is 0 Å². The number of esters is 1. The van der Waals surface area contributed by atoms with Crippen molar-refractivity contribution >= 4 is 17.6 Å². The van der Waals surface area contributed by atoms with Crippen molar-refractivity contribution in [2.45, 2.75) is 32.8 Å². The summed E-state index contributed by atoms with van der Waals surface area (Å²) in [5.74, 6) is -0.350. The average molecular weight is 243 g/mol. The van der Waals surface area contributed by atoms with Crippen molar-refractivity contribution in [1.29, 1.82) is 0 Å². The average Bonchev–Trinajstić information content (AvgIpc) is 2.08. The summed E-state index contributed by atoms with van der Waals surface area (Å²) >= 11 is 5.66. The number of carbonyl (C=O) groups excluding carboxylic acids is 1. The molecule has 88 valence electrons. The van der Waals surface area contributed by atoms with Crippen molar-refractivity contribution in [3.8, 4) is 5.75 Å². The van der Waals surface area contributed by atoms with Crippen molar-refractivity contribution < 1.29 is 14.6 Å². The number of aromatic hydroxyl groups is 1. The Morgan fingerprint density at radius 1 is 1.44 bits per heavy atom. The van der Waals surface area contributed by atoms with Crippen LogP contribution in [0.3, 0.4) is 0 Å². The minimum Gasteiger partial charge on any atom is -0.506 e. The lowest BCUT2D eigenvalue weighted by atomic mass is 10.1. The molecule has 1 N–H and O–H groups in total. The Kier molecular flexibility index (Phi) is 3.81. The van der Waals surface area contributed by atoms with Crippen LogP contribution in [0.4, 0.5) is 0 Å². The van der Waals surface area contributed by atoms with Gasteiger partial charge in [-0.1, -0.05) is 17.7 Å². The van der Waals surface area contributed by atoms with Crippen molar-refractivity contribution in [2.75, 3.05) is 0 Å². The number of hydrogen-bond acceptors (Lipinski definition) is 3. The predicted octanol–water partition coefficient (Wildman–Crippen LogP) is 2.93. The molecule has 3 nitrogen and oxygen atoms in total. The first kappa shape index (κ1) is 12.8. The molecule has 0 saturated heterocycles. The van der Waals surface area contributed by atoms with Crippen LogP contribution < -0.4 is 0 Å². The minimum absolute atomic E-state index is 0.0253. The van der Waals surface area contributed by atoms with Crippen molar-refractivity contribution in [3.63, 3.8) is 0 Å². The SMILES string of the molecule is CC(C)(C)OC(=O)Cc1ccc(Cl)c(O)c1. The lowest BCUT2D eigenvalue weighted by Crippen LogP contribution is -2.24. The van der Waals surface area contributed by atoms with Crippen molar-refractivity contribution in [2.24, 2.45) is 0 Å². The Bertz CT molecular complexity index is 394. The first-order valence-corrected chi connectivity index (χ1v) is 5.35. The highest BCUT2D eigenvalue weighted by atomic mass is 35.5. The van der Waals surface area contributed by atoms with Gasteiger partial charge >= 0.3 is 5.97 Å². The summed E-state index contributed by atoms with van der Waals surface area (Å²) in [5, 5.41) is 9.63. The van der Waals surface area contributed by atoms with Crippen LogP contribution in [-0.4, -0.2) is 16.7 Å². The lowest BCUT2D eigenvalue weighted by Gasteiger charge is -2.19. The molecule has 0 aliphatic rings. The molecule has 0 heterocycles. The summed E-state index contributed by atoms with van der Waals surface area (Å²) in [6, 6.07) is 4.70. The third-order valence-corrected chi connectivity index (χ3v) is 2.10. The Morgan fingerprint density at radius 2 is 2.06 bits per heavy atom. The highest BCUT2D eigenvalue weighted by Crippen LogP contribution is 2.24. The molecule has 0 unspecified atom stereocenters. The quantitative estimate of drug-likeness (QED) is 0.811. The van der Waals surface area contributed by atoms with Crippen LogP contribution >= 0.6 is 11.6 Å². The minimum atomic E-state index is -0.494. The molecule has 0 bridgehead atoms. The second kappa shape index (κ2) is 4.74. The molecule has 1 aromatic carbocycles. The monoisotopic (exact) mass is 242 g/mol. The Hall–Kier alpha value is -1.22. The summed E-state index contributed by atoms with van der Waals surface area (Å²) in [7, 11) is 0. The fourth-order valence-electron chi connectivity index (χ4n) is 1.21. The first-order valence-electron chi connectivity index (χ1n) is 4.97. The predicted molar refractivity (Wildman–Crippen MR) is 62.7 cm³/mol. The number of halogens is 1. The third kappa shape index (κ3) is 4.11. The maximum Gasteiger partial charge on any atom is 0.310 e. The van der Waals surface area contributed by atoms with Gasteiger partial charge < -0.3 is 9.84 Å². The molecule has 16 heavy (non-hydrogen) atoms. The smallest absolute Gasteiger partial charge is 0.310 e. The van der Waals surface area contributed by atoms with Crippen LogP contribution in [0.25, 0.3) is 0 Å². The van der Waals surface area contributed by atoms with Gasteiger partial charge in [-0.25, -0.2) is 0 Å². The summed E-state index contributed by atoms with van der Waals surface area (Å²) < 4.78 is 5.16. The number of benzene rings is 1. The van der Waals surface area contributed by atoms with E-state index in [1.807, 2.05) is 20.8 Å². The maximum atomic E-state index is 11.5. The zero-order valence-electron chi connectivity index (χ0n) is 9.58. The molecule has 1 aromatic rings. The van der Waals surface area contributed by atoms with E-state index in [1.165, 1.54) is 6.07 Å². The van der Waals surface area contributed by atoms with Gasteiger partial charge in [-0.15, -0.1) is 0 Å². The number of phenolic OH excluding ortho intramolecular Hbond substituents is 1. The summed E-state index contributed by atoms with van der Waals surface area (Å²) in [4.78, 5) is 11.5. The van der Waals surface area contributed by atoms with Crippen LogP contribution in [0.15, 0.2) is 18.2 Å². The zero-order chi connectivity index (χ0) is 12.3. The van der Waals surface area contributed by atoms with Crippen molar-refractivity contribution in [1.82, 2.24) is 0 Å². The highest BCUT2D eigenvalue weighted by Gasteiger charge is 2.16. The van der Waals surface area contributed by atoms with E-state index in [2.05, 4.69) is 0 Å². The Balaban J connectivity index is 2.67. The third-order valence-electron chi connectivity index (χ3n) is 1.78. The normalized spacial score (nSPS) is 11.2. The van der Waals surface area contributed by atoms with Crippen LogP contribution in [0.2, 0.25) is 5.02 Å². The molecule has 0 saturated carbocycles. The van der Waals surface area contributed by atoms with E-state index in [9.17, 15) is 9.90 Å². The van der Waals surface area contributed by atoms with Gasteiger partial charge in [0.15, 0.2) is 0 Å². The molecule has 0 aliphatic heterocycles. The molecular weight excluding hydrogens is 228 g/mol. The van der Waals surface area contributed by atoms with Gasteiger partial charge in [-0.3, -0.25) is 4.79 Å². The van der Waals surface area contributed by atoms with Gasteiger partial charge in [0.25, 0.3) is 0 Å². The zero-order valence-corrected chi connectivity index (χ0v) is 10.3. The van der Waals surface area contributed by atoms with Crippen LogP contribution in [0, 0.1) is 0 Å². The molecule has 0 aliphatic carbocycles. The van der Waals surface area contributed by atoms with Gasteiger partial charge in [-0.2, -0.15) is 0 Å². The number of phenols is 1. The fourth-order valence-corrected chi connectivity index (χ4v) is 1.33. The number of rotatable bonds is 2. The maximum absolute atomic E-state index is 11.5. The number of carbonyl (C=O) groups is 1. The van der Waals surface area contributed by atoms with Crippen LogP contribution in [0.5, 0.6) is 5.75 Å². The summed E-state index contributed by atoms with van der Waals surface area (Å²) in [6.45, 7) is 5.43. The highest BCUT2D eigenvalue weighted by molar-refractivity contribution is 6.32. The van der Waals surface area contributed by atoms with E-state index >= 15 is 0 Å². The molecule has 0 radical (unpaired) electrons. The molecular formula is C12H15ClO3. The molecule has 0 atom stereocenters. The summed E-state index contributed by atoms with van der Waals surface area (Å²) in [5.41, 5.74) is 0.183. The van der Waals surface area contributed by atoms with E-state index in [0.29, 0.717) is 5.56 Å². The van der Waals surface area contributed by atoms with Gasteiger partial charge in [0.05, 0.1) is 11.4 Å². The fraction of sp³-hybridized carbons (Fsp3) is 0.417. The van der Waals surface area contributed by atoms with Gasteiger partial charge in [0.2, 0.25) is 0 Å². The van der Waals surface area contributed by atoms with E-state index in [1.54, 1.807) is 12.1 Å². The van der Waals surface area contributed by atoms with E-state index in [4.69, 9.17) is 16.3 Å². The number of hydrogen-bond donors (Lipinski definition) is 1. The molecule has 0 spiro atoms. The topological polar surface area (TPSA) is 46.5 Å². The second-order valence-corrected chi connectivity index (χ2v) is 4.96. The Morgan fingerprint density at radius 3 is 2.56 bits per heavy atom. The van der Waals surface area contributed by atoms with E-state index < -0.39 is 5.60 Å². The van der Waals surface area contributed by atoms with Gasteiger partial charge in [-0.05, 0) is 38.5 Å². The molecule has 4 heteroatoms. The van der Waals surface area contributed by atoms with Gasteiger partial charge in [0, 0.05) is 0 Å². The van der Waals surface area contributed by atoms with Crippen LogP contribution in [-0.2, 0) is 16.0 Å². The van der Waals surface area contributed by atoms with Crippen molar-refractivity contribution in [3.05, 3.63) is 28.8 Å². The first-order chi connectivity index (χ1) is 7.28. The molecule has 0 aromatic heterocycles. The standard InChI is InChI=1S/C12H15ClO3/c1-12(2,3)16-11(15)7-8-4-5-9(13)10(14)6-8/h4-6,14H,7H2,1-3H3. The Labute approximate surface area is 100.0 Å². The summed E-state index contributed by atoms with van der Waals surface area (Å²) in [6.07, 6.45) is 0.127. The van der Waals surface area contributed by atoms with E-state index in [-0.39, 0.29) is 23.2 Å². The number of ether oxygens (including phenoxy) is 1. The molecule has 1 rings (SSSR count). The largest absolute Gasteiger partial charge is 0.506 e.